The molecule has 0 rings (SSSR count). The maximum Gasteiger partial charge on any atom is 0.00868 e. The summed E-state index contributed by atoms with van der Waals surface area (Å²) in [5.41, 5.74) is 0. The van der Waals surface area contributed by atoms with Crippen LogP contribution in [0, 0.1) is 11.8 Å². The molecule has 0 fully saturated rings. The summed E-state index contributed by atoms with van der Waals surface area (Å²) in [6.45, 7) is 12.7. The molecule has 0 aliphatic rings. The van der Waals surface area contributed by atoms with Crippen molar-refractivity contribution in [1.82, 2.24) is 10.2 Å². The van der Waals surface area contributed by atoms with Crippen LogP contribution in [0.15, 0.2) is 0 Å². The highest BCUT2D eigenvalue weighted by atomic mass is 15.1. The van der Waals surface area contributed by atoms with Crippen molar-refractivity contribution in [2.24, 2.45) is 11.8 Å². The molecule has 92 valence electrons. The lowest BCUT2D eigenvalue weighted by Gasteiger charge is -2.29. The van der Waals surface area contributed by atoms with Crippen molar-refractivity contribution in [3.8, 4) is 0 Å². The third-order valence-electron chi connectivity index (χ3n) is 3.91. The van der Waals surface area contributed by atoms with Gasteiger partial charge >= 0.3 is 0 Å². The lowest BCUT2D eigenvalue weighted by molar-refractivity contribution is 0.191. The zero-order chi connectivity index (χ0) is 12.0. The smallest absolute Gasteiger partial charge is 0.00868 e. The first-order valence-corrected chi connectivity index (χ1v) is 6.27. The average molecular weight is 214 g/mol. The molecule has 3 unspecified atom stereocenters. The fourth-order valence-electron chi connectivity index (χ4n) is 1.65. The second-order valence-electron chi connectivity index (χ2n) is 5.31. The van der Waals surface area contributed by atoms with E-state index < -0.39 is 0 Å². The monoisotopic (exact) mass is 214 g/mol. The molecule has 0 aromatic carbocycles. The van der Waals surface area contributed by atoms with E-state index >= 15 is 0 Å². The highest BCUT2D eigenvalue weighted by Crippen LogP contribution is 2.12. The first kappa shape index (κ1) is 14.9. The molecule has 0 saturated carbocycles. The molecular weight excluding hydrogens is 184 g/mol. The minimum Gasteiger partial charge on any atom is -0.317 e. The van der Waals surface area contributed by atoms with Gasteiger partial charge in [0.2, 0.25) is 0 Å². The minimum absolute atomic E-state index is 0.618. The van der Waals surface area contributed by atoms with Gasteiger partial charge in [0, 0.05) is 12.1 Å². The molecule has 2 heteroatoms. The third kappa shape index (κ3) is 5.53. The Balaban J connectivity index is 3.84. The Morgan fingerprint density at radius 2 is 1.60 bits per heavy atom. The summed E-state index contributed by atoms with van der Waals surface area (Å²) < 4.78 is 0. The van der Waals surface area contributed by atoms with E-state index in [1.54, 1.807) is 0 Å². The topological polar surface area (TPSA) is 15.3 Å². The zero-order valence-electron chi connectivity index (χ0n) is 11.7. The molecule has 0 amide bonds. The number of hydrogen-bond donors (Lipinski definition) is 1. The van der Waals surface area contributed by atoms with Crippen LogP contribution in [0.2, 0.25) is 0 Å². The normalized spacial score (nSPS) is 18.2. The predicted molar refractivity (Wildman–Crippen MR) is 69.2 cm³/mol. The van der Waals surface area contributed by atoms with Crippen molar-refractivity contribution >= 4 is 0 Å². The van der Waals surface area contributed by atoms with Crippen LogP contribution in [0.25, 0.3) is 0 Å². The number of nitrogens with one attached hydrogen (secondary N) is 1. The van der Waals surface area contributed by atoms with E-state index in [1.165, 1.54) is 13.0 Å². The van der Waals surface area contributed by atoms with Gasteiger partial charge in [-0.1, -0.05) is 20.8 Å². The minimum atomic E-state index is 0.618. The van der Waals surface area contributed by atoms with E-state index in [4.69, 9.17) is 0 Å². The van der Waals surface area contributed by atoms with Gasteiger partial charge in [0.1, 0.15) is 0 Å². The zero-order valence-corrected chi connectivity index (χ0v) is 11.7. The highest BCUT2D eigenvalue weighted by Gasteiger charge is 2.15. The van der Waals surface area contributed by atoms with Crippen LogP contribution in [-0.2, 0) is 0 Å². The summed E-state index contributed by atoms with van der Waals surface area (Å²) in [6, 6.07) is 1.30. The van der Waals surface area contributed by atoms with Crippen LogP contribution in [0.3, 0.4) is 0 Å². The Morgan fingerprint density at radius 1 is 1.07 bits per heavy atom. The van der Waals surface area contributed by atoms with Crippen LogP contribution in [0.1, 0.15) is 41.0 Å². The molecule has 0 bridgehead atoms. The third-order valence-corrected chi connectivity index (χ3v) is 3.91. The summed E-state index contributed by atoms with van der Waals surface area (Å²) in [5.74, 6) is 1.49. The van der Waals surface area contributed by atoms with Crippen molar-refractivity contribution in [2.75, 3.05) is 20.6 Å². The SMILES string of the molecule is CNC(C)C(C)CCN(C)C(C)C(C)C. The Kier molecular flexibility index (Phi) is 7.20. The predicted octanol–water partition coefficient (Wildman–Crippen LogP) is 2.60. The van der Waals surface area contributed by atoms with E-state index in [1.807, 2.05) is 7.05 Å². The number of hydrogen-bond acceptors (Lipinski definition) is 2. The molecule has 1 N–H and O–H groups in total. The summed E-state index contributed by atoms with van der Waals surface area (Å²) in [7, 11) is 4.28. The van der Waals surface area contributed by atoms with Gasteiger partial charge in [0.15, 0.2) is 0 Å². The second kappa shape index (κ2) is 7.24. The van der Waals surface area contributed by atoms with Crippen molar-refractivity contribution < 1.29 is 0 Å². The van der Waals surface area contributed by atoms with E-state index in [0.29, 0.717) is 12.1 Å². The van der Waals surface area contributed by atoms with Crippen LogP contribution >= 0.6 is 0 Å². The Hall–Kier alpha value is -0.0800. The maximum atomic E-state index is 3.32. The quantitative estimate of drug-likeness (QED) is 0.701. The molecular formula is C13H30N2. The Morgan fingerprint density at radius 3 is 2.00 bits per heavy atom. The molecule has 2 nitrogen and oxygen atoms in total. The molecule has 0 saturated heterocycles. The van der Waals surface area contributed by atoms with Gasteiger partial charge in [-0.15, -0.1) is 0 Å². The molecule has 0 aliphatic carbocycles. The molecule has 0 spiro atoms. The fourth-order valence-corrected chi connectivity index (χ4v) is 1.65. The van der Waals surface area contributed by atoms with E-state index in [2.05, 4.69) is 51.9 Å². The molecule has 0 heterocycles. The average Bonchev–Trinajstić information content (AvgIpc) is 2.22. The first-order valence-electron chi connectivity index (χ1n) is 6.27. The highest BCUT2D eigenvalue weighted by molar-refractivity contribution is 4.71. The second-order valence-corrected chi connectivity index (χ2v) is 5.31. The van der Waals surface area contributed by atoms with Crippen molar-refractivity contribution in [3.63, 3.8) is 0 Å². The van der Waals surface area contributed by atoms with Gasteiger partial charge in [0.25, 0.3) is 0 Å². The molecule has 15 heavy (non-hydrogen) atoms. The van der Waals surface area contributed by atoms with Crippen molar-refractivity contribution in [3.05, 3.63) is 0 Å². The van der Waals surface area contributed by atoms with E-state index in [9.17, 15) is 0 Å². The van der Waals surface area contributed by atoms with Gasteiger partial charge in [0.05, 0.1) is 0 Å². The molecule has 0 aromatic heterocycles. The van der Waals surface area contributed by atoms with Crippen LogP contribution in [-0.4, -0.2) is 37.6 Å². The van der Waals surface area contributed by atoms with Crippen LogP contribution in [0.5, 0.6) is 0 Å². The van der Waals surface area contributed by atoms with Crippen molar-refractivity contribution in [1.29, 1.82) is 0 Å². The molecule has 0 aromatic rings. The maximum absolute atomic E-state index is 3.32. The first-order chi connectivity index (χ1) is 6.90. The van der Waals surface area contributed by atoms with Crippen LogP contribution in [0.4, 0.5) is 0 Å². The molecule has 0 radical (unpaired) electrons. The largest absolute Gasteiger partial charge is 0.317 e. The van der Waals surface area contributed by atoms with Gasteiger partial charge in [-0.2, -0.15) is 0 Å². The summed E-state index contributed by atoms with van der Waals surface area (Å²) in [4.78, 5) is 2.48. The van der Waals surface area contributed by atoms with E-state index in [0.717, 1.165) is 11.8 Å². The molecule has 3 atom stereocenters. The fraction of sp³-hybridized carbons (Fsp3) is 1.00. The Bertz CT molecular complexity index is 157. The van der Waals surface area contributed by atoms with Gasteiger partial charge in [-0.25, -0.2) is 0 Å². The lowest BCUT2D eigenvalue weighted by atomic mass is 9.98. The standard InChI is InChI=1S/C13H30N2/c1-10(2)13(5)15(7)9-8-11(3)12(4)14-6/h10-14H,8-9H2,1-7H3. The van der Waals surface area contributed by atoms with Crippen LogP contribution < -0.4 is 5.32 Å². The summed E-state index contributed by atoms with van der Waals surface area (Å²) >= 11 is 0. The van der Waals surface area contributed by atoms with Crippen molar-refractivity contribution in [2.45, 2.75) is 53.1 Å². The number of rotatable bonds is 7. The lowest BCUT2D eigenvalue weighted by Crippen LogP contribution is -2.36. The van der Waals surface area contributed by atoms with Gasteiger partial charge in [-0.05, 0) is 52.7 Å². The van der Waals surface area contributed by atoms with Gasteiger partial charge < -0.3 is 10.2 Å². The Labute approximate surface area is 96.4 Å². The molecule has 0 aliphatic heterocycles. The van der Waals surface area contributed by atoms with Gasteiger partial charge in [-0.3, -0.25) is 0 Å². The summed E-state index contributed by atoms with van der Waals surface area (Å²) in [5, 5.41) is 3.32. The number of nitrogens with zero attached hydrogens (tertiary/aromatic N) is 1. The summed E-state index contributed by atoms with van der Waals surface area (Å²) in [6.07, 6.45) is 1.27. The van der Waals surface area contributed by atoms with E-state index in [-0.39, 0.29) is 0 Å².